The molecule has 0 aromatic rings. The van der Waals surface area contributed by atoms with Crippen LogP contribution in [0.15, 0.2) is 0 Å². The topological polar surface area (TPSA) is 101 Å². The molecule has 19 heavy (non-hydrogen) atoms. The third-order valence-corrected chi connectivity index (χ3v) is 3.09. The van der Waals surface area contributed by atoms with Crippen molar-refractivity contribution in [3.8, 4) is 0 Å². The van der Waals surface area contributed by atoms with E-state index >= 15 is 0 Å². The van der Waals surface area contributed by atoms with Crippen LogP contribution in [-0.4, -0.2) is 36.1 Å². The molecule has 0 spiro atoms. The van der Waals surface area contributed by atoms with Crippen LogP contribution in [0.2, 0.25) is 0 Å². The minimum atomic E-state index is -0.724. The third kappa shape index (κ3) is 8.47. The molecule has 0 rings (SSSR count). The van der Waals surface area contributed by atoms with Gasteiger partial charge in [-0.1, -0.05) is 13.3 Å². The molecule has 0 radical (unpaired) electrons. The molecular formula is C12H23N3O3S. The second-order valence-corrected chi connectivity index (χ2v) is 4.89. The molecule has 0 aliphatic heterocycles. The Labute approximate surface area is 119 Å². The Bertz CT molecular complexity index is 323. The predicted molar refractivity (Wildman–Crippen MR) is 76.7 cm³/mol. The maximum absolute atomic E-state index is 11.8. The first-order valence-electron chi connectivity index (χ1n) is 6.33. The van der Waals surface area contributed by atoms with Crippen molar-refractivity contribution in [3.63, 3.8) is 0 Å². The molecule has 0 aliphatic carbocycles. The van der Waals surface area contributed by atoms with E-state index < -0.39 is 11.9 Å². The van der Waals surface area contributed by atoms with E-state index in [1.165, 1.54) is 6.92 Å². The highest BCUT2D eigenvalue weighted by Crippen LogP contribution is 2.08. The zero-order valence-corrected chi connectivity index (χ0v) is 12.3. The highest BCUT2D eigenvalue weighted by Gasteiger charge is 2.19. The fraction of sp³-hybridized carbons (Fsp3) is 0.750. The highest BCUT2D eigenvalue weighted by atomic mass is 32.1. The van der Waals surface area contributed by atoms with Gasteiger partial charge >= 0.3 is 0 Å². The van der Waals surface area contributed by atoms with E-state index in [1.54, 1.807) is 6.92 Å². The van der Waals surface area contributed by atoms with Crippen molar-refractivity contribution < 1.29 is 14.4 Å². The molecule has 0 saturated carbocycles. The monoisotopic (exact) mass is 289 g/mol. The van der Waals surface area contributed by atoms with E-state index in [0.29, 0.717) is 13.0 Å². The van der Waals surface area contributed by atoms with E-state index in [-0.39, 0.29) is 23.5 Å². The van der Waals surface area contributed by atoms with Crippen molar-refractivity contribution in [3.05, 3.63) is 0 Å². The first-order valence-corrected chi connectivity index (χ1v) is 6.96. The Balaban J connectivity index is 3.87. The van der Waals surface area contributed by atoms with Gasteiger partial charge in [-0.2, -0.15) is 12.6 Å². The van der Waals surface area contributed by atoms with Crippen LogP contribution in [0.1, 0.15) is 33.1 Å². The molecule has 0 fully saturated rings. The van der Waals surface area contributed by atoms with Gasteiger partial charge in [0.15, 0.2) is 0 Å². The van der Waals surface area contributed by atoms with E-state index in [4.69, 9.17) is 5.73 Å². The van der Waals surface area contributed by atoms with Crippen molar-refractivity contribution in [2.45, 2.75) is 39.2 Å². The van der Waals surface area contributed by atoms with Gasteiger partial charge in [0.25, 0.3) is 0 Å². The van der Waals surface area contributed by atoms with E-state index in [2.05, 4.69) is 23.3 Å². The number of carbonyl (C=O) groups is 3. The molecule has 0 aromatic carbocycles. The number of nitrogens with two attached hydrogens (primary N) is 1. The van der Waals surface area contributed by atoms with Gasteiger partial charge in [-0.3, -0.25) is 14.4 Å². The maximum atomic E-state index is 11.8. The van der Waals surface area contributed by atoms with Crippen LogP contribution < -0.4 is 16.4 Å². The average molecular weight is 289 g/mol. The first-order chi connectivity index (χ1) is 8.88. The van der Waals surface area contributed by atoms with Gasteiger partial charge < -0.3 is 16.4 Å². The Morgan fingerprint density at radius 2 is 1.89 bits per heavy atom. The third-order valence-electron chi connectivity index (χ3n) is 2.73. The van der Waals surface area contributed by atoms with Crippen LogP contribution in [0.3, 0.4) is 0 Å². The average Bonchev–Trinajstić information content (AvgIpc) is 2.34. The lowest BCUT2D eigenvalue weighted by Gasteiger charge is -2.16. The molecule has 110 valence electrons. The van der Waals surface area contributed by atoms with Crippen LogP contribution in [0, 0.1) is 5.92 Å². The summed E-state index contributed by atoms with van der Waals surface area (Å²) >= 11 is 3.96. The molecular weight excluding hydrogens is 266 g/mol. The minimum absolute atomic E-state index is 0.0520. The summed E-state index contributed by atoms with van der Waals surface area (Å²) in [7, 11) is 0. The Kier molecular flexibility index (Phi) is 9.03. The second kappa shape index (κ2) is 9.66. The highest BCUT2D eigenvalue weighted by molar-refractivity contribution is 7.80. The number of hydrogen-bond acceptors (Lipinski definition) is 4. The fourth-order valence-corrected chi connectivity index (χ4v) is 1.76. The Morgan fingerprint density at radius 1 is 1.26 bits per heavy atom. The molecule has 7 heteroatoms. The lowest BCUT2D eigenvalue weighted by atomic mass is 10.0. The lowest BCUT2D eigenvalue weighted by Crippen LogP contribution is -2.47. The second-order valence-electron chi connectivity index (χ2n) is 4.53. The van der Waals surface area contributed by atoms with Crippen LogP contribution >= 0.6 is 12.6 Å². The van der Waals surface area contributed by atoms with E-state index in [1.807, 2.05) is 0 Å². The van der Waals surface area contributed by atoms with Gasteiger partial charge in [0, 0.05) is 25.1 Å². The molecule has 0 saturated heterocycles. The number of thiol groups is 1. The molecule has 0 aromatic heterocycles. The maximum Gasteiger partial charge on any atom is 0.240 e. The Morgan fingerprint density at radius 3 is 2.37 bits per heavy atom. The largest absolute Gasteiger partial charge is 0.368 e. The summed E-state index contributed by atoms with van der Waals surface area (Å²) < 4.78 is 0. The van der Waals surface area contributed by atoms with E-state index in [0.717, 1.165) is 12.8 Å². The zero-order chi connectivity index (χ0) is 14.8. The first kappa shape index (κ1) is 17.8. The van der Waals surface area contributed by atoms with Gasteiger partial charge in [0.1, 0.15) is 6.04 Å². The zero-order valence-electron chi connectivity index (χ0n) is 11.4. The van der Waals surface area contributed by atoms with Crippen molar-refractivity contribution in [1.82, 2.24) is 10.6 Å². The SMILES string of the molecule is CC(=O)NCCCC[C@@H](C)C(=O)NC(CS)C(N)=O. The van der Waals surface area contributed by atoms with E-state index in [9.17, 15) is 14.4 Å². The van der Waals surface area contributed by atoms with Crippen LogP contribution in [-0.2, 0) is 14.4 Å². The summed E-state index contributed by atoms with van der Waals surface area (Å²) in [6, 6.07) is -0.724. The van der Waals surface area contributed by atoms with Crippen molar-refractivity contribution in [2.75, 3.05) is 12.3 Å². The standard InChI is InChI=1S/C12H23N3O3S/c1-8(5-3-4-6-14-9(2)16)12(18)15-10(7-19)11(13)17/h8,10,19H,3-7H2,1-2H3,(H2,13,17)(H,14,16)(H,15,18)/t8-,10?/m1/s1. The molecule has 2 atom stereocenters. The summed E-state index contributed by atoms with van der Waals surface area (Å²) in [5.74, 6) is -0.836. The summed E-state index contributed by atoms with van der Waals surface area (Å²) in [4.78, 5) is 33.4. The van der Waals surface area contributed by atoms with Gasteiger partial charge in [-0.05, 0) is 12.8 Å². The molecule has 4 N–H and O–H groups in total. The minimum Gasteiger partial charge on any atom is -0.368 e. The number of rotatable bonds is 9. The summed E-state index contributed by atoms with van der Waals surface area (Å²) in [5.41, 5.74) is 5.12. The summed E-state index contributed by atoms with van der Waals surface area (Å²) in [6.45, 7) is 3.88. The molecule has 0 aliphatic rings. The quantitative estimate of drug-likeness (QED) is 0.350. The van der Waals surface area contributed by atoms with Crippen LogP contribution in [0.25, 0.3) is 0 Å². The Hall–Kier alpha value is -1.24. The predicted octanol–water partition coefficient (Wildman–Crippen LogP) is -0.171. The summed E-state index contributed by atoms with van der Waals surface area (Å²) in [6.07, 6.45) is 2.35. The normalized spacial score (nSPS) is 13.4. The summed E-state index contributed by atoms with van der Waals surface area (Å²) in [5, 5.41) is 5.26. The molecule has 0 bridgehead atoms. The fourth-order valence-electron chi connectivity index (χ4n) is 1.49. The van der Waals surface area contributed by atoms with Crippen molar-refractivity contribution >= 4 is 30.4 Å². The van der Waals surface area contributed by atoms with Crippen molar-refractivity contribution in [2.24, 2.45) is 11.7 Å². The van der Waals surface area contributed by atoms with Gasteiger partial charge in [0.05, 0.1) is 0 Å². The smallest absolute Gasteiger partial charge is 0.240 e. The molecule has 6 nitrogen and oxygen atoms in total. The molecule has 1 unspecified atom stereocenters. The van der Waals surface area contributed by atoms with Gasteiger partial charge in [0.2, 0.25) is 17.7 Å². The number of hydrogen-bond donors (Lipinski definition) is 4. The van der Waals surface area contributed by atoms with Gasteiger partial charge in [-0.15, -0.1) is 0 Å². The van der Waals surface area contributed by atoms with Crippen LogP contribution in [0.4, 0.5) is 0 Å². The lowest BCUT2D eigenvalue weighted by molar-refractivity contribution is -0.129. The molecule has 3 amide bonds. The number of amides is 3. The number of carbonyl (C=O) groups excluding carboxylic acids is 3. The van der Waals surface area contributed by atoms with Crippen molar-refractivity contribution in [1.29, 1.82) is 0 Å². The number of nitrogens with one attached hydrogen (secondary N) is 2. The number of unbranched alkanes of at least 4 members (excludes halogenated alkanes) is 1. The van der Waals surface area contributed by atoms with Crippen LogP contribution in [0.5, 0.6) is 0 Å². The number of primary amides is 1. The van der Waals surface area contributed by atoms with Gasteiger partial charge in [-0.25, -0.2) is 0 Å². The molecule has 0 heterocycles.